The highest BCUT2D eigenvalue weighted by Gasteiger charge is 2.09. The summed E-state index contributed by atoms with van der Waals surface area (Å²) in [6.07, 6.45) is 1.06. The van der Waals surface area contributed by atoms with Crippen LogP contribution in [0.3, 0.4) is 0 Å². The van der Waals surface area contributed by atoms with E-state index in [2.05, 4.69) is 24.5 Å². The second-order valence-electron chi connectivity index (χ2n) is 5.75. The molecule has 0 heterocycles. The predicted molar refractivity (Wildman–Crippen MR) is 93.7 cm³/mol. The molecule has 2 rings (SSSR count). The van der Waals surface area contributed by atoms with Gasteiger partial charge in [-0.3, -0.25) is 4.79 Å². The van der Waals surface area contributed by atoms with Crippen molar-refractivity contribution in [3.63, 3.8) is 0 Å². The molecule has 0 aliphatic rings. The van der Waals surface area contributed by atoms with E-state index < -0.39 is 0 Å². The summed E-state index contributed by atoms with van der Waals surface area (Å²) in [5.74, 6) is -0.0764. The van der Waals surface area contributed by atoms with E-state index in [0.717, 1.165) is 28.9 Å². The third kappa shape index (κ3) is 3.88. The van der Waals surface area contributed by atoms with Crippen molar-refractivity contribution in [1.29, 1.82) is 0 Å². The van der Waals surface area contributed by atoms with Crippen LogP contribution in [0.1, 0.15) is 41.8 Å². The van der Waals surface area contributed by atoms with Gasteiger partial charge in [0.25, 0.3) is 5.91 Å². The maximum absolute atomic E-state index is 12.4. The molecule has 22 heavy (non-hydrogen) atoms. The number of anilines is 2. The van der Waals surface area contributed by atoms with Crippen molar-refractivity contribution < 1.29 is 4.79 Å². The third-order valence-electron chi connectivity index (χ3n) is 3.89. The van der Waals surface area contributed by atoms with Crippen molar-refractivity contribution in [3.8, 4) is 0 Å². The number of carbonyl (C=O) groups excluding carboxylic acids is 1. The maximum atomic E-state index is 12.4. The lowest BCUT2D eigenvalue weighted by Gasteiger charge is -2.14. The Bertz CT molecular complexity index is 627. The highest BCUT2D eigenvalue weighted by atomic mass is 16.1. The first-order chi connectivity index (χ1) is 10.5. The number of benzene rings is 2. The normalized spacial score (nSPS) is 11.8. The minimum Gasteiger partial charge on any atom is -0.383 e. The summed E-state index contributed by atoms with van der Waals surface area (Å²) in [7, 11) is 0. The van der Waals surface area contributed by atoms with Crippen LogP contribution in [0.4, 0.5) is 11.4 Å². The van der Waals surface area contributed by atoms with Gasteiger partial charge < -0.3 is 10.6 Å². The topological polar surface area (TPSA) is 41.1 Å². The van der Waals surface area contributed by atoms with Crippen LogP contribution in [0, 0.1) is 13.8 Å². The molecule has 0 aromatic heterocycles. The van der Waals surface area contributed by atoms with E-state index in [1.165, 1.54) is 0 Å². The fraction of sp³-hybridized carbons (Fsp3) is 0.316. The van der Waals surface area contributed by atoms with Gasteiger partial charge in [0, 0.05) is 23.0 Å². The lowest BCUT2D eigenvalue weighted by atomic mass is 10.1. The average molecular weight is 296 g/mol. The molecular formula is C19H24N2O. The standard InChI is InChI=1S/C19H24N2O/c1-5-15(4)20-17-11-9-16(10-12-17)19(22)21-18-13(2)7-6-8-14(18)3/h6-12,15,20H,5H2,1-4H3,(H,21,22). The van der Waals surface area contributed by atoms with Crippen LogP contribution in [0.2, 0.25) is 0 Å². The fourth-order valence-electron chi connectivity index (χ4n) is 2.30. The minimum absolute atomic E-state index is 0.0764. The Morgan fingerprint density at radius 3 is 2.18 bits per heavy atom. The molecule has 1 amide bonds. The zero-order valence-corrected chi connectivity index (χ0v) is 13.7. The smallest absolute Gasteiger partial charge is 0.255 e. The van der Waals surface area contributed by atoms with Crippen molar-refractivity contribution in [3.05, 3.63) is 59.2 Å². The molecule has 0 fully saturated rings. The maximum Gasteiger partial charge on any atom is 0.255 e. The number of hydrogen-bond donors (Lipinski definition) is 2. The van der Waals surface area contributed by atoms with E-state index >= 15 is 0 Å². The van der Waals surface area contributed by atoms with Gasteiger partial charge in [-0.05, 0) is 62.6 Å². The van der Waals surface area contributed by atoms with Gasteiger partial charge in [-0.25, -0.2) is 0 Å². The van der Waals surface area contributed by atoms with Gasteiger partial charge >= 0.3 is 0 Å². The van der Waals surface area contributed by atoms with E-state index in [-0.39, 0.29) is 5.91 Å². The van der Waals surface area contributed by atoms with Gasteiger partial charge in [0.1, 0.15) is 0 Å². The third-order valence-corrected chi connectivity index (χ3v) is 3.89. The highest BCUT2D eigenvalue weighted by Crippen LogP contribution is 2.21. The first-order valence-corrected chi connectivity index (χ1v) is 7.75. The van der Waals surface area contributed by atoms with E-state index in [0.29, 0.717) is 11.6 Å². The minimum atomic E-state index is -0.0764. The summed E-state index contributed by atoms with van der Waals surface area (Å²) >= 11 is 0. The Labute approximate surface area is 132 Å². The molecule has 0 saturated heterocycles. The highest BCUT2D eigenvalue weighted by molar-refractivity contribution is 6.05. The zero-order chi connectivity index (χ0) is 16.1. The van der Waals surface area contributed by atoms with Crippen LogP contribution in [0.15, 0.2) is 42.5 Å². The molecule has 3 nitrogen and oxygen atoms in total. The van der Waals surface area contributed by atoms with Crippen LogP contribution < -0.4 is 10.6 Å². The van der Waals surface area contributed by atoms with E-state index in [1.54, 1.807) is 0 Å². The van der Waals surface area contributed by atoms with Crippen molar-refractivity contribution in [2.75, 3.05) is 10.6 Å². The van der Waals surface area contributed by atoms with E-state index in [4.69, 9.17) is 0 Å². The lowest BCUT2D eigenvalue weighted by Crippen LogP contribution is -2.15. The summed E-state index contributed by atoms with van der Waals surface area (Å²) in [5, 5.41) is 6.40. The van der Waals surface area contributed by atoms with Gasteiger partial charge in [-0.2, -0.15) is 0 Å². The Morgan fingerprint density at radius 1 is 1.05 bits per heavy atom. The van der Waals surface area contributed by atoms with Gasteiger partial charge in [-0.1, -0.05) is 25.1 Å². The summed E-state index contributed by atoms with van der Waals surface area (Å²) < 4.78 is 0. The number of rotatable bonds is 5. The number of aryl methyl sites for hydroxylation is 2. The summed E-state index contributed by atoms with van der Waals surface area (Å²) in [6.45, 7) is 8.29. The van der Waals surface area contributed by atoms with Crippen LogP contribution >= 0.6 is 0 Å². The molecule has 2 aromatic rings. The largest absolute Gasteiger partial charge is 0.383 e. The summed E-state index contributed by atoms with van der Waals surface area (Å²) in [4.78, 5) is 12.4. The number of para-hydroxylation sites is 1. The Morgan fingerprint density at radius 2 is 1.64 bits per heavy atom. The first-order valence-electron chi connectivity index (χ1n) is 7.75. The molecule has 3 heteroatoms. The molecule has 0 radical (unpaired) electrons. The second kappa shape index (κ2) is 7.12. The molecule has 1 unspecified atom stereocenters. The predicted octanol–water partition coefficient (Wildman–Crippen LogP) is 4.77. The molecule has 0 aliphatic carbocycles. The number of nitrogens with one attached hydrogen (secondary N) is 2. The monoisotopic (exact) mass is 296 g/mol. The van der Waals surface area contributed by atoms with Gasteiger partial charge in [0.15, 0.2) is 0 Å². The Balaban J connectivity index is 2.10. The first kappa shape index (κ1) is 16.1. The van der Waals surface area contributed by atoms with Gasteiger partial charge in [0.2, 0.25) is 0 Å². The lowest BCUT2D eigenvalue weighted by molar-refractivity contribution is 0.102. The van der Waals surface area contributed by atoms with Crippen LogP contribution in [0.25, 0.3) is 0 Å². The van der Waals surface area contributed by atoms with Crippen molar-refractivity contribution in [1.82, 2.24) is 0 Å². The fourth-order valence-corrected chi connectivity index (χ4v) is 2.30. The summed E-state index contributed by atoms with van der Waals surface area (Å²) in [5.41, 5.74) is 4.75. The Kier molecular flexibility index (Phi) is 5.21. The van der Waals surface area contributed by atoms with Crippen LogP contribution in [-0.2, 0) is 0 Å². The molecule has 0 spiro atoms. The Hall–Kier alpha value is -2.29. The van der Waals surface area contributed by atoms with E-state index in [9.17, 15) is 4.79 Å². The molecular weight excluding hydrogens is 272 g/mol. The summed E-state index contributed by atoms with van der Waals surface area (Å²) in [6, 6.07) is 14.0. The van der Waals surface area contributed by atoms with Gasteiger partial charge in [-0.15, -0.1) is 0 Å². The molecule has 116 valence electrons. The van der Waals surface area contributed by atoms with E-state index in [1.807, 2.05) is 56.3 Å². The molecule has 0 bridgehead atoms. The SMILES string of the molecule is CCC(C)Nc1ccc(C(=O)Nc2c(C)cccc2C)cc1. The number of hydrogen-bond acceptors (Lipinski definition) is 2. The molecule has 2 N–H and O–H groups in total. The quantitative estimate of drug-likeness (QED) is 0.834. The van der Waals surface area contributed by atoms with Crippen LogP contribution in [0.5, 0.6) is 0 Å². The zero-order valence-electron chi connectivity index (χ0n) is 13.7. The second-order valence-corrected chi connectivity index (χ2v) is 5.75. The number of amides is 1. The number of carbonyl (C=O) groups is 1. The average Bonchev–Trinajstić information content (AvgIpc) is 2.51. The van der Waals surface area contributed by atoms with Crippen LogP contribution in [-0.4, -0.2) is 11.9 Å². The molecule has 0 saturated carbocycles. The van der Waals surface area contributed by atoms with Crippen molar-refractivity contribution in [2.24, 2.45) is 0 Å². The van der Waals surface area contributed by atoms with Crippen molar-refractivity contribution >= 4 is 17.3 Å². The molecule has 2 aromatic carbocycles. The van der Waals surface area contributed by atoms with Crippen molar-refractivity contribution in [2.45, 2.75) is 40.2 Å². The molecule has 0 aliphatic heterocycles. The molecule has 1 atom stereocenters. The van der Waals surface area contributed by atoms with Gasteiger partial charge in [0.05, 0.1) is 0 Å².